The Hall–Kier alpha value is -3.25. The number of carbonyl (C=O) groups excluding carboxylic acids is 1. The summed E-state index contributed by atoms with van der Waals surface area (Å²) < 4.78 is 13.3. The van der Waals surface area contributed by atoms with Gasteiger partial charge in [-0.25, -0.2) is 0 Å². The maximum absolute atomic E-state index is 12.7. The SMILES string of the molecule is COc1ccc2c(c1)c(/C=C1\Oc3cccc(O)c3C1=O)cn2CCCN(C)C. The maximum atomic E-state index is 12.7. The van der Waals surface area contributed by atoms with Crippen LogP contribution in [-0.2, 0) is 6.54 Å². The van der Waals surface area contributed by atoms with Crippen LogP contribution in [0, 0.1) is 0 Å². The van der Waals surface area contributed by atoms with Crippen molar-refractivity contribution in [3.8, 4) is 17.2 Å². The van der Waals surface area contributed by atoms with Crippen molar-refractivity contribution in [2.24, 2.45) is 0 Å². The number of ketones is 1. The number of rotatable bonds is 6. The first-order chi connectivity index (χ1) is 14.0. The zero-order chi connectivity index (χ0) is 20.5. The molecule has 4 rings (SSSR count). The van der Waals surface area contributed by atoms with E-state index in [1.165, 1.54) is 6.07 Å². The van der Waals surface area contributed by atoms with Gasteiger partial charge in [-0.15, -0.1) is 0 Å². The minimum absolute atomic E-state index is 0.0660. The Balaban J connectivity index is 1.74. The summed E-state index contributed by atoms with van der Waals surface area (Å²) in [5, 5.41) is 11.0. The van der Waals surface area contributed by atoms with E-state index in [1.54, 1.807) is 25.3 Å². The van der Waals surface area contributed by atoms with Gasteiger partial charge in [-0.3, -0.25) is 4.79 Å². The molecule has 6 heteroatoms. The maximum Gasteiger partial charge on any atom is 0.235 e. The number of phenols is 1. The van der Waals surface area contributed by atoms with Gasteiger partial charge in [0.25, 0.3) is 0 Å². The van der Waals surface area contributed by atoms with Crippen molar-refractivity contribution in [2.75, 3.05) is 27.7 Å². The largest absolute Gasteiger partial charge is 0.507 e. The number of Topliss-reactive ketones (excluding diaryl/α,β-unsaturated/α-hetero) is 1. The van der Waals surface area contributed by atoms with E-state index >= 15 is 0 Å². The van der Waals surface area contributed by atoms with Crippen LogP contribution in [0.4, 0.5) is 0 Å². The molecular weight excluding hydrogens is 368 g/mol. The molecule has 0 spiro atoms. The van der Waals surface area contributed by atoms with Crippen LogP contribution < -0.4 is 9.47 Å². The highest BCUT2D eigenvalue weighted by molar-refractivity contribution is 6.16. The van der Waals surface area contributed by atoms with Crippen molar-refractivity contribution in [3.05, 3.63) is 59.5 Å². The summed E-state index contributed by atoms with van der Waals surface area (Å²) in [7, 11) is 5.76. The molecule has 1 aliphatic heterocycles. The van der Waals surface area contributed by atoms with E-state index in [9.17, 15) is 9.90 Å². The topological polar surface area (TPSA) is 63.9 Å². The summed E-state index contributed by atoms with van der Waals surface area (Å²) in [6.45, 7) is 1.85. The van der Waals surface area contributed by atoms with Crippen LogP contribution in [0.15, 0.2) is 48.4 Å². The van der Waals surface area contributed by atoms with Crippen molar-refractivity contribution in [1.29, 1.82) is 0 Å². The van der Waals surface area contributed by atoms with E-state index in [4.69, 9.17) is 9.47 Å². The number of carbonyl (C=O) groups is 1. The zero-order valence-electron chi connectivity index (χ0n) is 16.8. The summed E-state index contributed by atoms with van der Waals surface area (Å²) in [4.78, 5) is 14.9. The molecule has 1 aromatic heterocycles. The fraction of sp³-hybridized carbons (Fsp3) is 0.261. The van der Waals surface area contributed by atoms with Crippen LogP contribution in [0.2, 0.25) is 0 Å². The number of fused-ring (bicyclic) bond motifs is 2. The number of methoxy groups -OCH3 is 1. The Kier molecular flexibility index (Phi) is 5.03. The summed E-state index contributed by atoms with van der Waals surface area (Å²) in [5.74, 6) is 0.964. The van der Waals surface area contributed by atoms with Gasteiger partial charge in [0.05, 0.1) is 7.11 Å². The molecule has 0 radical (unpaired) electrons. The van der Waals surface area contributed by atoms with Gasteiger partial charge in [0.1, 0.15) is 22.8 Å². The predicted molar refractivity (Wildman–Crippen MR) is 113 cm³/mol. The van der Waals surface area contributed by atoms with E-state index in [1.807, 2.05) is 24.4 Å². The third-order valence-electron chi connectivity index (χ3n) is 5.09. The van der Waals surface area contributed by atoms with Gasteiger partial charge in [-0.2, -0.15) is 0 Å². The number of ether oxygens (including phenoxy) is 2. The summed E-state index contributed by atoms with van der Waals surface area (Å²) in [5.41, 5.74) is 2.16. The van der Waals surface area contributed by atoms with Crippen LogP contribution >= 0.6 is 0 Å². The Morgan fingerprint density at radius 2 is 2.07 bits per heavy atom. The van der Waals surface area contributed by atoms with E-state index in [-0.39, 0.29) is 22.9 Å². The third-order valence-corrected chi connectivity index (χ3v) is 5.09. The molecule has 0 saturated carbocycles. The zero-order valence-corrected chi connectivity index (χ0v) is 16.8. The Labute approximate surface area is 169 Å². The number of aromatic hydroxyl groups is 1. The molecule has 0 saturated heterocycles. The molecule has 0 aliphatic carbocycles. The lowest BCUT2D eigenvalue weighted by molar-refractivity contribution is 0.101. The molecule has 0 fully saturated rings. The average molecular weight is 392 g/mol. The molecule has 6 nitrogen and oxygen atoms in total. The lowest BCUT2D eigenvalue weighted by Gasteiger charge is -2.10. The average Bonchev–Trinajstić information content (AvgIpc) is 3.20. The number of allylic oxidation sites excluding steroid dienone is 1. The monoisotopic (exact) mass is 392 g/mol. The quantitative estimate of drug-likeness (QED) is 0.644. The fourth-order valence-electron chi connectivity index (χ4n) is 3.65. The number of benzene rings is 2. The lowest BCUT2D eigenvalue weighted by atomic mass is 10.1. The second-order valence-corrected chi connectivity index (χ2v) is 7.41. The third kappa shape index (κ3) is 3.59. The highest BCUT2D eigenvalue weighted by atomic mass is 16.5. The van der Waals surface area contributed by atoms with Crippen LogP contribution in [0.1, 0.15) is 22.3 Å². The number of aromatic nitrogens is 1. The van der Waals surface area contributed by atoms with E-state index in [0.717, 1.165) is 41.7 Å². The molecule has 2 heterocycles. The molecule has 1 N–H and O–H groups in total. The van der Waals surface area contributed by atoms with Gasteiger partial charge in [0, 0.05) is 29.2 Å². The minimum atomic E-state index is -0.311. The predicted octanol–water partition coefficient (Wildman–Crippen LogP) is 3.92. The molecule has 0 unspecified atom stereocenters. The van der Waals surface area contributed by atoms with Crippen molar-refractivity contribution in [3.63, 3.8) is 0 Å². The number of hydrogen-bond acceptors (Lipinski definition) is 5. The Morgan fingerprint density at radius 1 is 1.24 bits per heavy atom. The molecule has 3 aromatic rings. The molecule has 29 heavy (non-hydrogen) atoms. The molecular formula is C23H24N2O4. The molecule has 1 aliphatic rings. The van der Waals surface area contributed by atoms with Crippen LogP contribution in [0.25, 0.3) is 17.0 Å². The van der Waals surface area contributed by atoms with Gasteiger partial charge in [-0.1, -0.05) is 6.07 Å². The smallest absolute Gasteiger partial charge is 0.235 e. The van der Waals surface area contributed by atoms with Gasteiger partial charge < -0.3 is 24.0 Å². The normalized spacial score (nSPS) is 14.6. The van der Waals surface area contributed by atoms with Gasteiger partial charge >= 0.3 is 0 Å². The van der Waals surface area contributed by atoms with E-state index < -0.39 is 0 Å². The molecule has 150 valence electrons. The Morgan fingerprint density at radius 3 is 2.79 bits per heavy atom. The summed E-state index contributed by atoms with van der Waals surface area (Å²) >= 11 is 0. The standard InChI is InChI=1S/C23H24N2O4/c1-24(2)10-5-11-25-14-15(17-13-16(28-3)8-9-18(17)25)12-21-23(27)22-19(26)6-4-7-20(22)29-21/h4,6-9,12-14,26H,5,10-11H2,1-3H3/b21-12-. The van der Waals surface area contributed by atoms with E-state index in [0.29, 0.717) is 5.75 Å². The first kappa shape index (κ1) is 19.1. The molecule has 0 amide bonds. The molecule has 0 atom stereocenters. The Bertz CT molecular complexity index is 1110. The van der Waals surface area contributed by atoms with Crippen LogP contribution in [-0.4, -0.2) is 48.1 Å². The summed E-state index contributed by atoms with van der Waals surface area (Å²) in [6, 6.07) is 10.8. The van der Waals surface area contributed by atoms with Crippen molar-refractivity contribution in [2.45, 2.75) is 13.0 Å². The second-order valence-electron chi connectivity index (χ2n) is 7.41. The first-order valence-electron chi connectivity index (χ1n) is 9.56. The van der Waals surface area contributed by atoms with Crippen LogP contribution in [0.3, 0.4) is 0 Å². The molecule has 0 bridgehead atoms. The number of aryl methyl sites for hydroxylation is 1. The number of phenolic OH excluding ortho intramolecular Hbond substituents is 1. The van der Waals surface area contributed by atoms with Crippen molar-refractivity contribution in [1.82, 2.24) is 9.47 Å². The summed E-state index contributed by atoms with van der Waals surface area (Å²) in [6.07, 6.45) is 4.78. The highest BCUT2D eigenvalue weighted by Gasteiger charge is 2.30. The first-order valence-corrected chi connectivity index (χ1v) is 9.56. The highest BCUT2D eigenvalue weighted by Crippen LogP contribution is 2.38. The minimum Gasteiger partial charge on any atom is -0.507 e. The van der Waals surface area contributed by atoms with Gasteiger partial charge in [-0.05, 0) is 63.5 Å². The fourth-order valence-corrected chi connectivity index (χ4v) is 3.65. The van der Waals surface area contributed by atoms with Gasteiger partial charge in [0.2, 0.25) is 5.78 Å². The number of nitrogens with zero attached hydrogens (tertiary/aromatic N) is 2. The van der Waals surface area contributed by atoms with Crippen LogP contribution in [0.5, 0.6) is 17.2 Å². The lowest BCUT2D eigenvalue weighted by Crippen LogP contribution is -2.14. The molecule has 2 aromatic carbocycles. The van der Waals surface area contributed by atoms with Crippen molar-refractivity contribution >= 4 is 22.8 Å². The van der Waals surface area contributed by atoms with Gasteiger partial charge in [0.15, 0.2) is 5.76 Å². The number of hydrogen-bond donors (Lipinski definition) is 1. The van der Waals surface area contributed by atoms with Crippen molar-refractivity contribution < 1.29 is 19.4 Å². The second kappa shape index (κ2) is 7.64. The van der Waals surface area contributed by atoms with E-state index in [2.05, 4.69) is 23.6 Å².